The third-order valence-corrected chi connectivity index (χ3v) is 6.23. The fourth-order valence-corrected chi connectivity index (χ4v) is 4.84. The summed E-state index contributed by atoms with van der Waals surface area (Å²) in [4.78, 5) is 0. The maximum atomic E-state index is 2.44. The molecule has 2 aromatic carbocycles. The van der Waals surface area contributed by atoms with Crippen LogP contribution in [0.2, 0.25) is 0 Å². The van der Waals surface area contributed by atoms with Crippen LogP contribution in [0.5, 0.6) is 0 Å². The number of aryl methyl sites for hydroxylation is 3. The van der Waals surface area contributed by atoms with Crippen molar-refractivity contribution in [1.29, 1.82) is 0 Å². The number of unbranched alkanes of at least 4 members (excludes halogenated alkanes) is 3. The lowest BCUT2D eigenvalue weighted by Gasteiger charge is -2.25. The molecular weight excluding hydrogens is 336 g/mol. The Morgan fingerprint density at radius 1 is 0.500 bits per heavy atom. The van der Waals surface area contributed by atoms with Gasteiger partial charge in [0, 0.05) is 0 Å². The average Bonchev–Trinajstić information content (AvgIpc) is 2.71. The number of hydrogen-bond donors (Lipinski definition) is 0. The minimum atomic E-state index is 1.21. The highest BCUT2D eigenvalue weighted by Crippen LogP contribution is 2.37. The zero-order valence-corrected chi connectivity index (χ0v) is 19.4. The first-order valence-corrected chi connectivity index (χ1v) is 12.3. The van der Waals surface area contributed by atoms with E-state index in [0.717, 1.165) is 0 Å². The van der Waals surface area contributed by atoms with Crippen LogP contribution in [0.4, 0.5) is 0 Å². The molecule has 0 unspecified atom stereocenters. The van der Waals surface area contributed by atoms with Crippen LogP contribution < -0.4 is 0 Å². The van der Waals surface area contributed by atoms with Crippen LogP contribution in [0.3, 0.4) is 0 Å². The van der Waals surface area contributed by atoms with Gasteiger partial charge in [0.15, 0.2) is 0 Å². The van der Waals surface area contributed by atoms with Crippen LogP contribution >= 0.6 is 0 Å². The van der Waals surface area contributed by atoms with Crippen molar-refractivity contribution in [2.45, 2.75) is 118 Å². The Morgan fingerprint density at radius 3 is 1.57 bits per heavy atom. The van der Waals surface area contributed by atoms with Gasteiger partial charge < -0.3 is 0 Å². The molecule has 0 heterocycles. The molecule has 28 heavy (non-hydrogen) atoms. The summed E-state index contributed by atoms with van der Waals surface area (Å²) in [6.07, 6.45) is 16.6. The predicted molar refractivity (Wildman–Crippen MR) is 128 cm³/mol. The van der Waals surface area contributed by atoms with Gasteiger partial charge in [-0.05, 0) is 90.0 Å². The Morgan fingerprint density at radius 2 is 1.04 bits per heavy atom. The van der Waals surface area contributed by atoms with E-state index in [4.69, 9.17) is 0 Å². The van der Waals surface area contributed by atoms with Crippen LogP contribution in [0.15, 0.2) is 18.2 Å². The Hall–Kier alpha value is -1.30. The maximum absolute atomic E-state index is 2.44. The molecular formula is C28H44. The van der Waals surface area contributed by atoms with Crippen molar-refractivity contribution in [3.8, 4) is 0 Å². The second-order valence-corrected chi connectivity index (χ2v) is 8.56. The zero-order chi connectivity index (χ0) is 20.4. The van der Waals surface area contributed by atoms with Gasteiger partial charge in [-0.1, -0.05) is 84.9 Å². The van der Waals surface area contributed by atoms with Crippen molar-refractivity contribution in [2.24, 2.45) is 0 Å². The van der Waals surface area contributed by atoms with E-state index in [9.17, 15) is 0 Å². The van der Waals surface area contributed by atoms with Gasteiger partial charge in [0.1, 0.15) is 0 Å². The van der Waals surface area contributed by atoms with Gasteiger partial charge in [-0.25, -0.2) is 0 Å². The molecule has 0 aliphatic carbocycles. The summed E-state index contributed by atoms with van der Waals surface area (Å²) >= 11 is 0. The van der Waals surface area contributed by atoms with Crippen molar-refractivity contribution >= 4 is 10.8 Å². The SMILES string of the molecule is CCCCc1c(CCCC)c(CCC)c2c(CCC)cccc2c1CCCC. The van der Waals surface area contributed by atoms with Crippen LogP contribution in [-0.4, -0.2) is 0 Å². The summed E-state index contributed by atoms with van der Waals surface area (Å²) < 4.78 is 0. The van der Waals surface area contributed by atoms with Gasteiger partial charge in [0.05, 0.1) is 0 Å². The Labute approximate surface area is 175 Å². The van der Waals surface area contributed by atoms with Gasteiger partial charge in [0.2, 0.25) is 0 Å². The summed E-state index contributed by atoms with van der Waals surface area (Å²) in [7, 11) is 0. The second-order valence-electron chi connectivity index (χ2n) is 8.56. The topological polar surface area (TPSA) is 0 Å². The first-order chi connectivity index (χ1) is 13.7. The molecule has 0 amide bonds. The lowest BCUT2D eigenvalue weighted by atomic mass is 9.80. The fourth-order valence-electron chi connectivity index (χ4n) is 4.84. The van der Waals surface area contributed by atoms with E-state index in [2.05, 4.69) is 52.8 Å². The second kappa shape index (κ2) is 12.3. The molecule has 0 heteroatoms. The van der Waals surface area contributed by atoms with Gasteiger partial charge in [-0.3, -0.25) is 0 Å². The van der Waals surface area contributed by atoms with E-state index in [-0.39, 0.29) is 0 Å². The molecule has 0 aliphatic rings. The first kappa shape index (κ1) is 23.0. The number of rotatable bonds is 13. The highest BCUT2D eigenvalue weighted by molar-refractivity contribution is 5.94. The van der Waals surface area contributed by atoms with Crippen LogP contribution in [0, 0.1) is 0 Å². The monoisotopic (exact) mass is 380 g/mol. The third kappa shape index (κ3) is 5.40. The van der Waals surface area contributed by atoms with Crippen molar-refractivity contribution in [3.05, 3.63) is 46.0 Å². The highest BCUT2D eigenvalue weighted by Gasteiger charge is 2.19. The summed E-state index contributed by atoms with van der Waals surface area (Å²) in [6, 6.07) is 7.18. The van der Waals surface area contributed by atoms with E-state index in [1.54, 1.807) is 38.6 Å². The largest absolute Gasteiger partial charge is 0.0654 e. The fraction of sp³-hybridized carbons (Fsp3) is 0.643. The molecule has 0 N–H and O–H groups in total. The number of hydrogen-bond acceptors (Lipinski definition) is 0. The molecule has 156 valence electrons. The van der Waals surface area contributed by atoms with Gasteiger partial charge in [0.25, 0.3) is 0 Å². The third-order valence-electron chi connectivity index (χ3n) is 6.23. The predicted octanol–water partition coefficient (Wildman–Crippen LogP) is 8.77. The molecule has 2 rings (SSSR count). The van der Waals surface area contributed by atoms with Crippen LogP contribution in [0.25, 0.3) is 10.8 Å². The van der Waals surface area contributed by atoms with Crippen molar-refractivity contribution < 1.29 is 0 Å². The summed E-state index contributed by atoms with van der Waals surface area (Å²) in [5, 5.41) is 3.23. The summed E-state index contributed by atoms with van der Waals surface area (Å²) in [5.74, 6) is 0. The minimum absolute atomic E-state index is 1.21. The molecule has 0 fully saturated rings. The van der Waals surface area contributed by atoms with Gasteiger partial charge in [-0.2, -0.15) is 0 Å². The average molecular weight is 381 g/mol. The maximum Gasteiger partial charge on any atom is -0.0114 e. The van der Waals surface area contributed by atoms with E-state index in [0.29, 0.717) is 0 Å². The lowest BCUT2D eigenvalue weighted by Crippen LogP contribution is -2.09. The Balaban J connectivity index is 2.84. The molecule has 0 aliphatic heterocycles. The molecule has 0 aromatic heterocycles. The van der Waals surface area contributed by atoms with Crippen molar-refractivity contribution in [2.75, 3.05) is 0 Å². The molecule has 0 saturated carbocycles. The van der Waals surface area contributed by atoms with Gasteiger partial charge >= 0.3 is 0 Å². The smallest absolute Gasteiger partial charge is 0.0114 e. The molecule has 0 saturated heterocycles. The van der Waals surface area contributed by atoms with Crippen LogP contribution in [0.1, 0.15) is 114 Å². The van der Waals surface area contributed by atoms with E-state index in [1.165, 1.54) is 83.5 Å². The van der Waals surface area contributed by atoms with E-state index < -0.39 is 0 Å². The summed E-state index contributed by atoms with van der Waals surface area (Å²) in [5.41, 5.74) is 8.50. The number of benzene rings is 2. The van der Waals surface area contributed by atoms with Crippen molar-refractivity contribution in [1.82, 2.24) is 0 Å². The zero-order valence-electron chi connectivity index (χ0n) is 19.4. The van der Waals surface area contributed by atoms with Crippen LogP contribution in [-0.2, 0) is 32.1 Å². The molecule has 2 aromatic rings. The standard InChI is InChI=1S/C28H44/c1-6-11-18-23-24(19-12-7-2)26(16-10-5)28-22(15-9-4)17-14-21-27(28)25(23)20-13-8-3/h14,17,21H,6-13,15-16,18-20H2,1-5H3. The molecule has 0 spiro atoms. The minimum Gasteiger partial charge on any atom is -0.0654 e. The summed E-state index contributed by atoms with van der Waals surface area (Å²) in [6.45, 7) is 11.7. The van der Waals surface area contributed by atoms with Gasteiger partial charge in [-0.15, -0.1) is 0 Å². The molecule has 0 nitrogen and oxygen atoms in total. The lowest BCUT2D eigenvalue weighted by molar-refractivity contribution is 0.730. The van der Waals surface area contributed by atoms with E-state index >= 15 is 0 Å². The molecule has 0 bridgehead atoms. The molecule has 0 atom stereocenters. The van der Waals surface area contributed by atoms with E-state index in [1.807, 2.05) is 0 Å². The van der Waals surface area contributed by atoms with Crippen molar-refractivity contribution in [3.63, 3.8) is 0 Å². The normalized spacial score (nSPS) is 11.5. The Kier molecular flexibility index (Phi) is 10.1. The number of fused-ring (bicyclic) bond motifs is 1. The molecule has 0 radical (unpaired) electrons. The first-order valence-electron chi connectivity index (χ1n) is 12.3. The Bertz CT molecular complexity index is 723. The quantitative estimate of drug-likeness (QED) is 0.326. The highest BCUT2D eigenvalue weighted by atomic mass is 14.2.